The average molecular weight is 495 g/mol. The van der Waals surface area contributed by atoms with E-state index in [1.54, 1.807) is 0 Å². The molecule has 0 saturated heterocycles. The Labute approximate surface area is 224 Å². The van der Waals surface area contributed by atoms with Gasteiger partial charge in [0.2, 0.25) is 0 Å². The molecule has 0 saturated carbocycles. The molecule has 0 radical (unpaired) electrons. The van der Waals surface area contributed by atoms with Gasteiger partial charge < -0.3 is 9.47 Å². The molecule has 2 nitrogen and oxygen atoms in total. The van der Waals surface area contributed by atoms with Crippen molar-refractivity contribution in [2.24, 2.45) is 11.8 Å². The van der Waals surface area contributed by atoms with Gasteiger partial charge in [-0.15, -0.1) is 0 Å². The minimum Gasteiger partial charge on any atom is -0.461 e. The van der Waals surface area contributed by atoms with Crippen LogP contribution in [0.5, 0.6) is 11.5 Å². The molecule has 0 amide bonds. The number of ether oxygens (including phenoxy) is 2. The lowest BCUT2D eigenvalue weighted by Gasteiger charge is -2.27. The van der Waals surface area contributed by atoms with Crippen molar-refractivity contribution in [3.63, 3.8) is 0 Å². The van der Waals surface area contributed by atoms with E-state index in [0.29, 0.717) is 11.8 Å². The quantitative estimate of drug-likeness (QED) is 0.394. The predicted molar refractivity (Wildman–Crippen MR) is 153 cm³/mol. The number of benzene rings is 2. The zero-order valence-corrected chi connectivity index (χ0v) is 21.3. The molecule has 6 aliphatic rings. The smallest absolute Gasteiger partial charge is 0.130 e. The second-order valence-corrected chi connectivity index (χ2v) is 11.0. The molecule has 0 spiro atoms. The first-order chi connectivity index (χ1) is 18.8. The Kier molecular flexibility index (Phi) is 5.07. The topological polar surface area (TPSA) is 18.5 Å². The first-order valence-corrected chi connectivity index (χ1v) is 14.0. The Morgan fingerprint density at radius 1 is 0.605 bits per heavy atom. The van der Waals surface area contributed by atoms with Crippen molar-refractivity contribution in [1.82, 2.24) is 0 Å². The van der Waals surface area contributed by atoms with E-state index in [4.69, 9.17) is 9.47 Å². The van der Waals surface area contributed by atoms with Crippen LogP contribution in [0.1, 0.15) is 54.2 Å². The Bertz CT molecular complexity index is 1580. The fraction of sp³-hybridized carbons (Fsp3) is 0.222. The van der Waals surface area contributed by atoms with Crippen molar-refractivity contribution in [3.8, 4) is 11.5 Å². The van der Waals surface area contributed by atoms with Gasteiger partial charge >= 0.3 is 0 Å². The van der Waals surface area contributed by atoms with Crippen LogP contribution in [-0.4, -0.2) is 0 Å². The molecule has 4 aliphatic carbocycles. The molecular formula is C36H30O2. The molecule has 2 heterocycles. The lowest BCUT2D eigenvalue weighted by atomic mass is 9.75. The number of hydrogen-bond donors (Lipinski definition) is 0. The van der Waals surface area contributed by atoms with Crippen molar-refractivity contribution in [1.29, 1.82) is 0 Å². The van der Waals surface area contributed by atoms with E-state index in [-0.39, 0.29) is 11.8 Å². The highest BCUT2D eigenvalue weighted by molar-refractivity contribution is 5.73. The van der Waals surface area contributed by atoms with Gasteiger partial charge in [-0.1, -0.05) is 91.1 Å². The third-order valence-electron chi connectivity index (χ3n) is 8.90. The lowest BCUT2D eigenvalue weighted by molar-refractivity contribution is 0.396. The second kappa shape index (κ2) is 8.77. The predicted octanol–water partition coefficient (Wildman–Crippen LogP) is 8.86. The van der Waals surface area contributed by atoms with Crippen LogP contribution >= 0.6 is 0 Å². The van der Waals surface area contributed by atoms with Gasteiger partial charge in [0.05, 0.1) is 0 Å². The summed E-state index contributed by atoms with van der Waals surface area (Å²) in [5, 5.41) is 0. The fourth-order valence-corrected chi connectivity index (χ4v) is 7.04. The Morgan fingerprint density at radius 2 is 1.29 bits per heavy atom. The largest absolute Gasteiger partial charge is 0.461 e. The Balaban J connectivity index is 1.21. The highest BCUT2D eigenvalue weighted by Crippen LogP contribution is 2.49. The molecule has 2 aromatic rings. The van der Waals surface area contributed by atoms with Crippen LogP contribution < -0.4 is 9.47 Å². The van der Waals surface area contributed by atoms with Crippen molar-refractivity contribution < 1.29 is 9.47 Å². The van der Waals surface area contributed by atoms with E-state index in [2.05, 4.69) is 109 Å². The normalized spacial score (nSPS) is 27.9. The van der Waals surface area contributed by atoms with E-state index in [0.717, 1.165) is 48.7 Å². The molecule has 38 heavy (non-hydrogen) atoms. The summed E-state index contributed by atoms with van der Waals surface area (Å²) in [4.78, 5) is 0. The molecule has 2 heteroatoms. The summed E-state index contributed by atoms with van der Waals surface area (Å²) in [7, 11) is 0. The van der Waals surface area contributed by atoms with Gasteiger partial charge in [-0.2, -0.15) is 0 Å². The number of para-hydroxylation sites is 1. The van der Waals surface area contributed by atoms with Gasteiger partial charge in [0.1, 0.15) is 23.0 Å². The van der Waals surface area contributed by atoms with Gasteiger partial charge in [-0.3, -0.25) is 0 Å². The molecule has 0 N–H and O–H groups in total. The molecule has 2 aromatic carbocycles. The monoisotopic (exact) mass is 494 g/mol. The Morgan fingerprint density at radius 3 is 2.13 bits per heavy atom. The van der Waals surface area contributed by atoms with Gasteiger partial charge in [-0.25, -0.2) is 0 Å². The van der Waals surface area contributed by atoms with Gasteiger partial charge in [0, 0.05) is 47.6 Å². The standard InChI is InChI=1S/C36H30O2/c1-3-11-27-25(9-1)29-13-5-7-15-33(29)37-35-19-17-23(21-31(27)35)24-18-20-36-32(22-24)28-12-4-2-10-26(28)30-14-6-8-16-34(30)38-36/h1-7,9-15,18,20-22,25-28H,8,16-17,19H2. The maximum absolute atomic E-state index is 6.60. The first kappa shape index (κ1) is 22.0. The zero-order chi connectivity index (χ0) is 25.1. The summed E-state index contributed by atoms with van der Waals surface area (Å²) in [6.07, 6.45) is 29.0. The molecule has 4 unspecified atom stereocenters. The first-order valence-electron chi connectivity index (χ1n) is 14.0. The molecule has 0 fully saturated rings. The van der Waals surface area contributed by atoms with Crippen LogP contribution in [0.2, 0.25) is 0 Å². The number of fused-ring (bicyclic) bond motifs is 8. The molecular weight excluding hydrogens is 464 g/mol. The minimum atomic E-state index is 0.288. The highest BCUT2D eigenvalue weighted by Gasteiger charge is 2.35. The maximum atomic E-state index is 6.60. The molecule has 0 bridgehead atoms. The van der Waals surface area contributed by atoms with E-state index in [1.807, 2.05) is 0 Å². The third-order valence-corrected chi connectivity index (χ3v) is 8.90. The van der Waals surface area contributed by atoms with Gasteiger partial charge in [-0.05, 0) is 53.3 Å². The summed E-state index contributed by atoms with van der Waals surface area (Å²) < 4.78 is 13.2. The highest BCUT2D eigenvalue weighted by atomic mass is 16.5. The molecule has 4 atom stereocenters. The Hall–Kier alpha value is -4.04. The maximum Gasteiger partial charge on any atom is 0.130 e. The van der Waals surface area contributed by atoms with Crippen molar-refractivity contribution in [2.45, 2.75) is 37.5 Å². The molecule has 2 aliphatic heterocycles. The summed E-state index contributed by atoms with van der Waals surface area (Å²) in [5.41, 5.74) is 7.91. The summed E-state index contributed by atoms with van der Waals surface area (Å²) in [6.45, 7) is 0. The van der Waals surface area contributed by atoms with Crippen molar-refractivity contribution >= 4 is 5.57 Å². The lowest BCUT2D eigenvalue weighted by Crippen LogP contribution is -2.15. The van der Waals surface area contributed by atoms with Crippen LogP contribution in [0.4, 0.5) is 0 Å². The number of allylic oxidation sites excluding steroid dienone is 16. The van der Waals surface area contributed by atoms with Crippen molar-refractivity contribution in [2.75, 3.05) is 0 Å². The van der Waals surface area contributed by atoms with Crippen LogP contribution in [0.25, 0.3) is 5.57 Å². The van der Waals surface area contributed by atoms with Crippen LogP contribution in [0, 0.1) is 11.8 Å². The van der Waals surface area contributed by atoms with Gasteiger partial charge in [0.15, 0.2) is 0 Å². The van der Waals surface area contributed by atoms with Crippen LogP contribution in [0.15, 0.2) is 132 Å². The van der Waals surface area contributed by atoms with E-state index in [9.17, 15) is 0 Å². The molecule has 0 aromatic heterocycles. The number of hydrogen-bond acceptors (Lipinski definition) is 2. The molecule has 8 rings (SSSR count). The third kappa shape index (κ3) is 3.47. The minimum absolute atomic E-state index is 0.288. The summed E-state index contributed by atoms with van der Waals surface area (Å²) >= 11 is 0. The molecule has 186 valence electrons. The summed E-state index contributed by atoms with van der Waals surface area (Å²) in [5.74, 6) is 5.47. The summed E-state index contributed by atoms with van der Waals surface area (Å²) in [6, 6.07) is 15.4. The van der Waals surface area contributed by atoms with Crippen LogP contribution in [-0.2, 0) is 0 Å². The van der Waals surface area contributed by atoms with Gasteiger partial charge in [0.25, 0.3) is 0 Å². The number of rotatable bonds is 1. The van der Waals surface area contributed by atoms with Crippen molar-refractivity contribution in [3.05, 3.63) is 149 Å². The van der Waals surface area contributed by atoms with E-state index >= 15 is 0 Å². The van der Waals surface area contributed by atoms with E-state index < -0.39 is 0 Å². The zero-order valence-electron chi connectivity index (χ0n) is 21.3. The average Bonchev–Trinajstić information content (AvgIpc) is 3.21. The second-order valence-electron chi connectivity index (χ2n) is 11.0. The SMILES string of the molecule is C1=CC2C3=C(CCC=C3)Oc3ccc(C4=CC5=C(CC4)Oc4ccccc4C4C=CC=CC54)cc3C2C=C1. The fourth-order valence-electron chi connectivity index (χ4n) is 7.04. The van der Waals surface area contributed by atoms with Crippen LogP contribution in [0.3, 0.4) is 0 Å². The van der Waals surface area contributed by atoms with E-state index in [1.165, 1.54) is 33.4 Å².